The van der Waals surface area contributed by atoms with Gasteiger partial charge in [-0.15, -0.1) is 0 Å². The smallest absolute Gasteiger partial charge is 0.291 e. The number of nitrogens with two attached hydrogens (primary N) is 1. The van der Waals surface area contributed by atoms with Crippen molar-refractivity contribution in [2.75, 3.05) is 5.73 Å². The summed E-state index contributed by atoms with van der Waals surface area (Å²) in [4.78, 5) is 35.7. The largest absolute Gasteiger partial charge is 0.453 e. The van der Waals surface area contributed by atoms with Gasteiger partial charge in [-0.3, -0.25) is 14.4 Å². The highest BCUT2D eigenvalue weighted by Crippen LogP contribution is 2.31. The zero-order valence-electron chi connectivity index (χ0n) is 13.9. The number of fused-ring (bicyclic) bond motifs is 1. The summed E-state index contributed by atoms with van der Waals surface area (Å²) in [6.45, 7) is 0. The van der Waals surface area contributed by atoms with Gasteiger partial charge in [0, 0.05) is 22.7 Å². The second-order valence-corrected chi connectivity index (χ2v) is 7.71. The maximum Gasteiger partial charge on any atom is 0.291 e. The lowest BCUT2D eigenvalue weighted by Crippen LogP contribution is -2.10. The summed E-state index contributed by atoms with van der Waals surface area (Å²) in [7, 11) is 0. The number of furan rings is 1. The fourth-order valence-electron chi connectivity index (χ4n) is 2.71. The minimum absolute atomic E-state index is 0.109. The summed E-state index contributed by atoms with van der Waals surface area (Å²) in [6, 6.07) is 9.58. The summed E-state index contributed by atoms with van der Waals surface area (Å²) in [5.74, 6) is -0.285. The number of nitrogens with one attached hydrogen (secondary N) is 1. The highest BCUT2D eigenvalue weighted by molar-refractivity contribution is 8.27. The van der Waals surface area contributed by atoms with Gasteiger partial charge in [-0.25, -0.2) is 0 Å². The predicted molar refractivity (Wildman–Crippen MR) is 110 cm³/mol. The van der Waals surface area contributed by atoms with E-state index in [0.717, 1.165) is 0 Å². The zero-order valence-corrected chi connectivity index (χ0v) is 16.2. The summed E-state index contributed by atoms with van der Waals surface area (Å²) < 4.78 is 5.63. The minimum atomic E-state index is -0.408. The fourth-order valence-corrected chi connectivity index (χ4v) is 3.74. The maximum absolute atomic E-state index is 12.7. The molecule has 28 heavy (non-hydrogen) atoms. The van der Waals surface area contributed by atoms with E-state index >= 15 is 0 Å². The topological polar surface area (TPSA) is 102 Å². The van der Waals surface area contributed by atoms with Gasteiger partial charge in [0.05, 0.1) is 21.4 Å². The van der Waals surface area contributed by atoms with Crippen LogP contribution in [0.5, 0.6) is 0 Å². The third-order valence-corrected chi connectivity index (χ3v) is 5.38. The van der Waals surface area contributed by atoms with E-state index in [-0.39, 0.29) is 37.9 Å². The van der Waals surface area contributed by atoms with Crippen molar-refractivity contribution in [3.8, 4) is 0 Å². The normalized spacial score (nSPS) is 15.4. The SMILES string of the molecule is Nc1c(Cl)cc(C(=O)c2cc3cc(C=C4NC(=O)SC4=O)ccc3o2)cc1Cl. The van der Waals surface area contributed by atoms with Crippen molar-refractivity contribution in [2.24, 2.45) is 0 Å². The molecule has 4 rings (SSSR count). The van der Waals surface area contributed by atoms with E-state index < -0.39 is 11.0 Å². The molecule has 9 heteroatoms. The molecule has 0 saturated carbocycles. The predicted octanol–water partition coefficient (Wildman–Crippen LogP) is 4.88. The number of thioether (sulfide) groups is 1. The molecule has 3 aromatic rings. The highest BCUT2D eigenvalue weighted by Gasteiger charge is 2.25. The van der Waals surface area contributed by atoms with E-state index in [9.17, 15) is 14.4 Å². The Balaban J connectivity index is 1.69. The molecule has 0 unspecified atom stereocenters. The number of ketones is 1. The maximum atomic E-state index is 12.7. The number of hydrogen-bond acceptors (Lipinski definition) is 6. The average molecular weight is 433 g/mol. The van der Waals surface area contributed by atoms with Crippen LogP contribution in [0.4, 0.5) is 10.5 Å². The van der Waals surface area contributed by atoms with Crippen molar-refractivity contribution in [2.45, 2.75) is 0 Å². The zero-order chi connectivity index (χ0) is 20.0. The van der Waals surface area contributed by atoms with Gasteiger partial charge in [0.25, 0.3) is 5.24 Å². The fraction of sp³-hybridized carbons (Fsp3) is 0. The molecular weight excluding hydrogens is 423 g/mol. The van der Waals surface area contributed by atoms with Crippen LogP contribution in [0, 0.1) is 0 Å². The third-order valence-electron chi connectivity index (χ3n) is 4.06. The van der Waals surface area contributed by atoms with E-state index in [1.165, 1.54) is 12.1 Å². The number of amides is 1. The number of benzene rings is 2. The highest BCUT2D eigenvalue weighted by atomic mass is 35.5. The van der Waals surface area contributed by atoms with E-state index in [2.05, 4.69) is 5.32 Å². The number of hydrogen-bond donors (Lipinski definition) is 2. The number of rotatable bonds is 3. The molecule has 1 aromatic heterocycles. The van der Waals surface area contributed by atoms with Crippen molar-refractivity contribution in [1.29, 1.82) is 0 Å². The molecule has 0 aliphatic carbocycles. The van der Waals surface area contributed by atoms with Gasteiger partial charge in [0.15, 0.2) is 5.76 Å². The lowest BCUT2D eigenvalue weighted by Gasteiger charge is -2.04. The average Bonchev–Trinajstić information content (AvgIpc) is 3.21. The first-order valence-corrected chi connectivity index (χ1v) is 9.47. The Labute approximate surface area is 172 Å². The second kappa shape index (κ2) is 7.01. The van der Waals surface area contributed by atoms with Gasteiger partial charge >= 0.3 is 0 Å². The molecule has 0 spiro atoms. The van der Waals surface area contributed by atoms with Crippen molar-refractivity contribution in [3.05, 3.63) is 69.0 Å². The standard InChI is InChI=1S/C19H10Cl2N2O4S/c20-11-5-10(6-12(21)16(11)22)17(24)15-7-9-3-8(1-2-14(9)27-15)4-13-18(25)28-19(26)23-13/h1-7H,22H2,(H,23,26). The van der Waals surface area contributed by atoms with E-state index in [1.54, 1.807) is 30.3 Å². The molecule has 2 aromatic carbocycles. The lowest BCUT2D eigenvalue weighted by atomic mass is 10.1. The quantitative estimate of drug-likeness (QED) is 0.347. The molecule has 1 saturated heterocycles. The van der Waals surface area contributed by atoms with Gasteiger partial charge in [0.2, 0.25) is 10.9 Å². The van der Waals surface area contributed by atoms with Crippen LogP contribution in [-0.2, 0) is 4.79 Å². The van der Waals surface area contributed by atoms with Crippen LogP contribution < -0.4 is 11.1 Å². The minimum Gasteiger partial charge on any atom is -0.453 e. The second-order valence-electron chi connectivity index (χ2n) is 5.95. The van der Waals surface area contributed by atoms with E-state index in [4.69, 9.17) is 33.4 Å². The van der Waals surface area contributed by atoms with Crippen molar-refractivity contribution in [1.82, 2.24) is 5.32 Å². The molecule has 1 fully saturated rings. The van der Waals surface area contributed by atoms with E-state index in [1.807, 2.05) is 0 Å². The Bertz CT molecular complexity index is 1190. The summed E-state index contributed by atoms with van der Waals surface area (Å²) in [5.41, 5.74) is 7.53. The molecule has 0 radical (unpaired) electrons. The van der Waals surface area contributed by atoms with Crippen LogP contribution in [-0.4, -0.2) is 16.1 Å². The lowest BCUT2D eigenvalue weighted by molar-refractivity contribution is -0.107. The first-order chi connectivity index (χ1) is 13.3. The Morgan fingerprint density at radius 3 is 2.46 bits per heavy atom. The molecule has 1 aliphatic heterocycles. The molecule has 1 aliphatic rings. The molecule has 6 nitrogen and oxygen atoms in total. The molecule has 140 valence electrons. The van der Waals surface area contributed by atoms with Crippen LogP contribution in [0.1, 0.15) is 21.7 Å². The van der Waals surface area contributed by atoms with Crippen LogP contribution in [0.2, 0.25) is 10.0 Å². The van der Waals surface area contributed by atoms with Gasteiger partial charge in [-0.1, -0.05) is 29.3 Å². The van der Waals surface area contributed by atoms with Crippen LogP contribution >= 0.6 is 35.0 Å². The summed E-state index contributed by atoms with van der Waals surface area (Å²) >= 11 is 12.6. The monoisotopic (exact) mass is 432 g/mol. The first kappa shape index (κ1) is 18.6. The number of carbonyl (C=O) groups is 3. The van der Waals surface area contributed by atoms with Crippen LogP contribution in [0.3, 0.4) is 0 Å². The van der Waals surface area contributed by atoms with Gasteiger partial charge in [-0.2, -0.15) is 0 Å². The Kier molecular flexibility index (Phi) is 4.66. The molecular formula is C19H10Cl2N2O4S. The molecule has 2 heterocycles. The van der Waals surface area contributed by atoms with Crippen LogP contribution in [0.25, 0.3) is 17.0 Å². The number of carbonyl (C=O) groups excluding carboxylic acids is 3. The molecule has 0 atom stereocenters. The molecule has 1 amide bonds. The third kappa shape index (κ3) is 3.40. The molecule has 3 N–H and O–H groups in total. The van der Waals surface area contributed by atoms with Crippen LogP contribution in [0.15, 0.2) is 46.5 Å². The Morgan fingerprint density at radius 2 is 1.82 bits per heavy atom. The Morgan fingerprint density at radius 1 is 1.11 bits per heavy atom. The number of anilines is 1. The van der Waals surface area contributed by atoms with Gasteiger partial charge in [-0.05, 0) is 42.0 Å². The molecule has 0 bridgehead atoms. The van der Waals surface area contributed by atoms with Crippen molar-refractivity contribution < 1.29 is 18.8 Å². The van der Waals surface area contributed by atoms with E-state index in [0.29, 0.717) is 28.3 Å². The summed E-state index contributed by atoms with van der Waals surface area (Å²) in [5, 5.41) is 2.76. The first-order valence-electron chi connectivity index (χ1n) is 7.89. The number of nitrogen functional groups attached to an aromatic ring is 1. The summed E-state index contributed by atoms with van der Waals surface area (Å²) in [6.07, 6.45) is 1.56. The van der Waals surface area contributed by atoms with Gasteiger partial charge in [0.1, 0.15) is 5.58 Å². The number of halogens is 2. The Hall–Kier alpha value is -2.74. The van der Waals surface area contributed by atoms with Crippen molar-refractivity contribution in [3.63, 3.8) is 0 Å². The van der Waals surface area contributed by atoms with Crippen molar-refractivity contribution >= 4 is 73.8 Å². The van der Waals surface area contributed by atoms with Gasteiger partial charge < -0.3 is 15.5 Å².